The highest BCUT2D eigenvalue weighted by Crippen LogP contribution is 2.36. The van der Waals surface area contributed by atoms with E-state index >= 15 is 0 Å². The van der Waals surface area contributed by atoms with Gasteiger partial charge in [-0.15, -0.1) is 0 Å². The molecule has 1 aromatic rings. The normalized spacial score (nSPS) is 18.6. The molecule has 19 heavy (non-hydrogen) atoms. The lowest BCUT2D eigenvalue weighted by molar-refractivity contribution is 0.122. The summed E-state index contributed by atoms with van der Waals surface area (Å²) in [6.07, 6.45) is 3.01. The van der Waals surface area contributed by atoms with Crippen molar-refractivity contribution in [2.24, 2.45) is 5.73 Å². The molecule has 0 aliphatic heterocycles. The zero-order valence-corrected chi connectivity index (χ0v) is 11.4. The first-order valence-electron chi connectivity index (χ1n) is 7.05. The van der Waals surface area contributed by atoms with Crippen molar-refractivity contribution in [2.75, 3.05) is 13.2 Å². The summed E-state index contributed by atoms with van der Waals surface area (Å²) in [7, 11) is 0. The molecular weight excluding hydrogens is 243 g/mol. The highest BCUT2D eigenvalue weighted by Gasteiger charge is 2.37. The fourth-order valence-electron chi connectivity index (χ4n) is 2.66. The molecular formula is C15H23FN2O. The molecule has 2 rings (SSSR count). The van der Waals surface area contributed by atoms with Crippen LogP contribution in [0.1, 0.15) is 37.8 Å². The van der Waals surface area contributed by atoms with Gasteiger partial charge in [0.2, 0.25) is 0 Å². The van der Waals surface area contributed by atoms with E-state index in [0.717, 1.165) is 19.3 Å². The molecule has 0 spiro atoms. The molecule has 106 valence electrons. The lowest BCUT2D eigenvalue weighted by atomic mass is 9.95. The SMILES string of the molecule is CCC(N)C(c1ccccc1F)N(CCO)C1CC1. The predicted octanol–water partition coefficient (Wildman–Crippen LogP) is 2.06. The van der Waals surface area contributed by atoms with Crippen LogP contribution in [0, 0.1) is 5.82 Å². The molecule has 0 heterocycles. The lowest BCUT2D eigenvalue weighted by Crippen LogP contribution is -2.43. The molecule has 1 fully saturated rings. The van der Waals surface area contributed by atoms with E-state index in [0.29, 0.717) is 18.2 Å². The van der Waals surface area contributed by atoms with Crippen LogP contribution in [0.3, 0.4) is 0 Å². The molecule has 0 radical (unpaired) electrons. The first-order chi connectivity index (χ1) is 9.19. The predicted molar refractivity (Wildman–Crippen MR) is 74.2 cm³/mol. The van der Waals surface area contributed by atoms with E-state index < -0.39 is 0 Å². The van der Waals surface area contributed by atoms with E-state index in [1.807, 2.05) is 19.1 Å². The van der Waals surface area contributed by atoms with Gasteiger partial charge in [0.25, 0.3) is 0 Å². The van der Waals surface area contributed by atoms with Crippen molar-refractivity contribution in [1.29, 1.82) is 0 Å². The largest absolute Gasteiger partial charge is 0.395 e. The van der Waals surface area contributed by atoms with Gasteiger partial charge in [-0.1, -0.05) is 25.1 Å². The van der Waals surface area contributed by atoms with Crippen molar-refractivity contribution in [1.82, 2.24) is 4.90 Å². The monoisotopic (exact) mass is 266 g/mol. The molecule has 0 saturated heterocycles. The number of nitrogens with zero attached hydrogens (tertiary/aromatic N) is 1. The van der Waals surface area contributed by atoms with Crippen LogP contribution in [0.15, 0.2) is 24.3 Å². The van der Waals surface area contributed by atoms with Crippen LogP contribution < -0.4 is 5.73 Å². The number of aliphatic hydroxyl groups excluding tert-OH is 1. The Balaban J connectivity index is 2.31. The summed E-state index contributed by atoms with van der Waals surface area (Å²) in [5, 5.41) is 9.26. The molecule has 3 nitrogen and oxygen atoms in total. The second-order valence-electron chi connectivity index (χ2n) is 5.23. The van der Waals surface area contributed by atoms with Crippen LogP contribution >= 0.6 is 0 Å². The maximum absolute atomic E-state index is 14.1. The van der Waals surface area contributed by atoms with Gasteiger partial charge in [-0.3, -0.25) is 4.90 Å². The summed E-state index contributed by atoms with van der Waals surface area (Å²) in [5.41, 5.74) is 6.88. The maximum Gasteiger partial charge on any atom is 0.128 e. The Morgan fingerprint density at radius 3 is 2.63 bits per heavy atom. The third-order valence-electron chi connectivity index (χ3n) is 3.83. The summed E-state index contributed by atoms with van der Waals surface area (Å²) >= 11 is 0. The number of nitrogens with two attached hydrogens (primary N) is 1. The van der Waals surface area contributed by atoms with Crippen molar-refractivity contribution in [2.45, 2.75) is 44.3 Å². The van der Waals surface area contributed by atoms with Crippen molar-refractivity contribution in [3.8, 4) is 0 Å². The van der Waals surface area contributed by atoms with Gasteiger partial charge in [0, 0.05) is 24.2 Å². The fourth-order valence-corrected chi connectivity index (χ4v) is 2.66. The zero-order chi connectivity index (χ0) is 13.8. The fraction of sp³-hybridized carbons (Fsp3) is 0.600. The summed E-state index contributed by atoms with van der Waals surface area (Å²) < 4.78 is 14.1. The highest BCUT2D eigenvalue weighted by molar-refractivity contribution is 5.23. The van der Waals surface area contributed by atoms with Gasteiger partial charge in [0.15, 0.2) is 0 Å². The molecule has 0 amide bonds. The van der Waals surface area contributed by atoms with Crippen molar-refractivity contribution in [3.63, 3.8) is 0 Å². The maximum atomic E-state index is 14.1. The van der Waals surface area contributed by atoms with Crippen molar-refractivity contribution >= 4 is 0 Å². The van der Waals surface area contributed by atoms with Gasteiger partial charge in [0.1, 0.15) is 5.82 Å². The van der Waals surface area contributed by atoms with Crippen LogP contribution in [0.4, 0.5) is 4.39 Å². The molecule has 1 aromatic carbocycles. The third kappa shape index (κ3) is 3.32. The summed E-state index contributed by atoms with van der Waals surface area (Å²) in [6.45, 7) is 2.65. The molecule has 1 saturated carbocycles. The van der Waals surface area contributed by atoms with Gasteiger partial charge >= 0.3 is 0 Å². The van der Waals surface area contributed by atoms with Gasteiger partial charge in [-0.25, -0.2) is 4.39 Å². The summed E-state index contributed by atoms with van der Waals surface area (Å²) in [5.74, 6) is -0.208. The minimum Gasteiger partial charge on any atom is -0.395 e. The van der Waals surface area contributed by atoms with Crippen LogP contribution in [0.25, 0.3) is 0 Å². The Morgan fingerprint density at radius 2 is 2.11 bits per heavy atom. The van der Waals surface area contributed by atoms with E-state index in [9.17, 15) is 9.50 Å². The standard InChI is InChI=1S/C15H23FN2O/c1-2-14(17)15(12-5-3-4-6-13(12)16)18(9-10-19)11-7-8-11/h3-6,11,14-15,19H,2,7-10,17H2,1H3. The number of benzene rings is 1. The molecule has 2 atom stereocenters. The average molecular weight is 266 g/mol. The Bertz CT molecular complexity index is 409. The topological polar surface area (TPSA) is 49.5 Å². The highest BCUT2D eigenvalue weighted by atomic mass is 19.1. The van der Waals surface area contributed by atoms with Crippen LogP contribution in [0.5, 0.6) is 0 Å². The first-order valence-corrected chi connectivity index (χ1v) is 7.05. The molecule has 1 aliphatic rings. The minimum atomic E-state index is -0.208. The van der Waals surface area contributed by atoms with Gasteiger partial charge in [0.05, 0.1) is 12.6 Å². The third-order valence-corrected chi connectivity index (χ3v) is 3.83. The van der Waals surface area contributed by atoms with Gasteiger partial charge < -0.3 is 10.8 Å². The Morgan fingerprint density at radius 1 is 1.42 bits per heavy atom. The second-order valence-corrected chi connectivity index (χ2v) is 5.23. The number of hydrogen-bond acceptors (Lipinski definition) is 3. The van der Waals surface area contributed by atoms with Crippen molar-refractivity contribution < 1.29 is 9.50 Å². The molecule has 0 aromatic heterocycles. The Kier molecular flexibility index (Phi) is 4.91. The number of hydrogen-bond donors (Lipinski definition) is 2. The Labute approximate surface area is 114 Å². The van der Waals surface area contributed by atoms with Gasteiger partial charge in [-0.2, -0.15) is 0 Å². The lowest BCUT2D eigenvalue weighted by Gasteiger charge is -2.35. The quantitative estimate of drug-likeness (QED) is 0.794. The second kappa shape index (κ2) is 6.46. The number of rotatable bonds is 7. The van der Waals surface area contributed by atoms with Gasteiger partial charge in [-0.05, 0) is 25.3 Å². The van der Waals surface area contributed by atoms with E-state index in [4.69, 9.17) is 5.73 Å². The Hall–Kier alpha value is -0.970. The molecule has 4 heteroatoms. The van der Waals surface area contributed by atoms with E-state index in [1.54, 1.807) is 6.07 Å². The molecule has 0 bridgehead atoms. The van der Waals surface area contributed by atoms with Crippen molar-refractivity contribution in [3.05, 3.63) is 35.6 Å². The summed E-state index contributed by atoms with van der Waals surface area (Å²) in [6, 6.07) is 7.00. The van der Waals surface area contributed by atoms with Crippen LogP contribution in [-0.4, -0.2) is 35.2 Å². The smallest absolute Gasteiger partial charge is 0.128 e. The first kappa shape index (κ1) is 14.4. The minimum absolute atomic E-state index is 0.0812. The van der Waals surface area contributed by atoms with E-state index in [1.165, 1.54) is 6.07 Å². The van der Waals surface area contributed by atoms with Crippen LogP contribution in [-0.2, 0) is 0 Å². The average Bonchev–Trinajstić information content (AvgIpc) is 3.24. The number of halogens is 1. The van der Waals surface area contributed by atoms with Crippen LogP contribution in [0.2, 0.25) is 0 Å². The molecule has 2 unspecified atom stereocenters. The zero-order valence-electron chi connectivity index (χ0n) is 11.4. The van der Waals surface area contributed by atoms with E-state index in [-0.39, 0.29) is 24.5 Å². The van der Waals surface area contributed by atoms with E-state index in [2.05, 4.69) is 4.90 Å². The number of aliphatic hydroxyl groups is 1. The molecule has 1 aliphatic carbocycles. The molecule has 3 N–H and O–H groups in total. The summed E-state index contributed by atoms with van der Waals surface area (Å²) in [4.78, 5) is 2.17.